The maximum absolute atomic E-state index is 13.2. The van der Waals surface area contributed by atoms with Crippen LogP contribution in [0.3, 0.4) is 0 Å². The van der Waals surface area contributed by atoms with E-state index < -0.39 is 5.82 Å². The van der Waals surface area contributed by atoms with Crippen molar-refractivity contribution in [1.29, 1.82) is 0 Å². The van der Waals surface area contributed by atoms with Gasteiger partial charge in [0.15, 0.2) is 5.78 Å². The zero-order valence-corrected chi connectivity index (χ0v) is 10.2. The molecule has 0 amide bonds. The van der Waals surface area contributed by atoms with Crippen molar-refractivity contribution in [2.45, 2.75) is 6.92 Å². The molecule has 18 heavy (non-hydrogen) atoms. The fourth-order valence-corrected chi connectivity index (χ4v) is 1.85. The van der Waals surface area contributed by atoms with Gasteiger partial charge in [0.2, 0.25) is 0 Å². The third-order valence-electron chi connectivity index (χ3n) is 2.74. The molecule has 92 valence electrons. The van der Waals surface area contributed by atoms with Crippen molar-refractivity contribution < 1.29 is 13.9 Å². The van der Waals surface area contributed by atoms with Crippen molar-refractivity contribution in [3.05, 3.63) is 53.8 Å². The number of carbonyl (C=O) groups is 1. The van der Waals surface area contributed by atoms with Gasteiger partial charge in [0.05, 0.1) is 7.11 Å². The van der Waals surface area contributed by atoms with Crippen LogP contribution >= 0.6 is 0 Å². The predicted octanol–water partition coefficient (Wildman–Crippen LogP) is 3.70. The Morgan fingerprint density at radius 3 is 2.61 bits per heavy atom. The van der Waals surface area contributed by atoms with E-state index in [9.17, 15) is 9.18 Å². The molecule has 0 spiro atoms. The smallest absolute Gasteiger partial charge is 0.160 e. The first kappa shape index (κ1) is 12.3. The molecule has 0 aromatic heterocycles. The summed E-state index contributed by atoms with van der Waals surface area (Å²) < 4.78 is 18.3. The minimum atomic E-state index is -0.410. The molecule has 2 nitrogen and oxygen atoms in total. The average molecular weight is 244 g/mol. The van der Waals surface area contributed by atoms with Crippen molar-refractivity contribution >= 4 is 5.78 Å². The second-order valence-electron chi connectivity index (χ2n) is 3.98. The van der Waals surface area contributed by atoms with Gasteiger partial charge < -0.3 is 4.74 Å². The van der Waals surface area contributed by atoms with Gasteiger partial charge in [0.1, 0.15) is 11.6 Å². The highest BCUT2D eigenvalue weighted by atomic mass is 19.1. The lowest BCUT2D eigenvalue weighted by atomic mass is 9.97. The second kappa shape index (κ2) is 5.00. The largest absolute Gasteiger partial charge is 0.497 e. The summed E-state index contributed by atoms with van der Waals surface area (Å²) in [5.41, 5.74) is 1.92. The number of Topliss-reactive ketones (excluding diaryl/α,β-unsaturated/α-hetero) is 1. The minimum Gasteiger partial charge on any atom is -0.497 e. The van der Waals surface area contributed by atoms with Gasteiger partial charge in [0, 0.05) is 5.56 Å². The van der Waals surface area contributed by atoms with Crippen LogP contribution in [-0.2, 0) is 0 Å². The molecule has 2 aromatic carbocycles. The van der Waals surface area contributed by atoms with Crippen LogP contribution in [0.15, 0.2) is 42.5 Å². The Hall–Kier alpha value is -2.16. The fraction of sp³-hybridized carbons (Fsp3) is 0.133. The number of halogens is 1. The molecule has 0 aliphatic heterocycles. The van der Waals surface area contributed by atoms with Gasteiger partial charge in [-0.15, -0.1) is 0 Å². The molecule has 0 heterocycles. The predicted molar refractivity (Wildman–Crippen MR) is 68.4 cm³/mol. The number of methoxy groups -OCH3 is 1. The molecule has 2 aromatic rings. The van der Waals surface area contributed by atoms with Gasteiger partial charge in [0.25, 0.3) is 0 Å². The van der Waals surface area contributed by atoms with Crippen LogP contribution in [0.4, 0.5) is 4.39 Å². The van der Waals surface area contributed by atoms with Crippen LogP contribution in [0.25, 0.3) is 11.1 Å². The highest BCUT2D eigenvalue weighted by molar-refractivity contribution is 6.00. The molecule has 0 aliphatic carbocycles. The van der Waals surface area contributed by atoms with Crippen molar-refractivity contribution in [3.8, 4) is 16.9 Å². The van der Waals surface area contributed by atoms with Crippen LogP contribution in [0.5, 0.6) is 5.75 Å². The van der Waals surface area contributed by atoms with E-state index in [1.165, 1.54) is 19.1 Å². The summed E-state index contributed by atoms with van der Waals surface area (Å²) in [4.78, 5) is 11.5. The molecule has 3 heteroatoms. The number of benzene rings is 2. The van der Waals surface area contributed by atoms with Gasteiger partial charge in [-0.1, -0.05) is 18.2 Å². The molecule has 0 atom stereocenters. The lowest BCUT2D eigenvalue weighted by Crippen LogP contribution is -1.97. The van der Waals surface area contributed by atoms with Crippen LogP contribution in [0.1, 0.15) is 17.3 Å². The monoisotopic (exact) mass is 244 g/mol. The molecule has 0 unspecified atom stereocenters. The van der Waals surface area contributed by atoms with Crippen LogP contribution in [-0.4, -0.2) is 12.9 Å². The highest BCUT2D eigenvalue weighted by Crippen LogP contribution is 2.27. The Balaban J connectivity index is 2.59. The number of ketones is 1. The van der Waals surface area contributed by atoms with Gasteiger partial charge in [-0.05, 0) is 42.3 Å². The highest BCUT2D eigenvalue weighted by Gasteiger charge is 2.10. The SMILES string of the molecule is COc1cccc(-c2ccc(F)cc2C(C)=O)c1. The summed E-state index contributed by atoms with van der Waals surface area (Å²) in [6, 6.07) is 11.6. The lowest BCUT2D eigenvalue weighted by Gasteiger charge is -2.09. The molecule has 0 saturated carbocycles. The summed E-state index contributed by atoms with van der Waals surface area (Å²) in [7, 11) is 1.58. The Labute approximate surface area is 105 Å². The Bertz CT molecular complexity index is 591. The quantitative estimate of drug-likeness (QED) is 0.769. The van der Waals surface area contributed by atoms with Gasteiger partial charge in [-0.2, -0.15) is 0 Å². The normalized spacial score (nSPS) is 10.2. The molecule has 0 bridgehead atoms. The van der Waals surface area contributed by atoms with E-state index in [1.54, 1.807) is 13.2 Å². The molecule has 0 fully saturated rings. The Morgan fingerprint density at radius 2 is 1.94 bits per heavy atom. The zero-order chi connectivity index (χ0) is 13.1. The molecule has 0 N–H and O–H groups in total. The lowest BCUT2D eigenvalue weighted by molar-refractivity contribution is 0.101. The van der Waals surface area contributed by atoms with Crippen LogP contribution in [0.2, 0.25) is 0 Å². The van der Waals surface area contributed by atoms with Crippen molar-refractivity contribution in [1.82, 2.24) is 0 Å². The third-order valence-corrected chi connectivity index (χ3v) is 2.74. The molecule has 0 aliphatic rings. The van der Waals surface area contributed by atoms with E-state index in [1.807, 2.05) is 24.3 Å². The average Bonchev–Trinajstić information content (AvgIpc) is 2.38. The van der Waals surface area contributed by atoms with Gasteiger partial charge in [-0.25, -0.2) is 4.39 Å². The maximum Gasteiger partial charge on any atom is 0.160 e. The molecule has 0 radical (unpaired) electrons. The Kier molecular flexibility index (Phi) is 3.42. The number of hydrogen-bond acceptors (Lipinski definition) is 2. The number of hydrogen-bond donors (Lipinski definition) is 0. The summed E-state index contributed by atoms with van der Waals surface area (Å²) in [5, 5.41) is 0. The number of rotatable bonds is 3. The van der Waals surface area contributed by atoms with E-state index >= 15 is 0 Å². The molecule has 2 rings (SSSR count). The standard InChI is InChI=1S/C15H13FO2/c1-10(17)15-9-12(16)6-7-14(15)11-4-3-5-13(8-11)18-2/h3-9H,1-2H3. The van der Waals surface area contributed by atoms with E-state index in [0.717, 1.165) is 5.56 Å². The minimum absolute atomic E-state index is 0.160. The van der Waals surface area contributed by atoms with Crippen molar-refractivity contribution in [3.63, 3.8) is 0 Å². The van der Waals surface area contributed by atoms with Gasteiger partial charge >= 0.3 is 0 Å². The molecular weight excluding hydrogens is 231 g/mol. The molecular formula is C15H13FO2. The zero-order valence-electron chi connectivity index (χ0n) is 10.2. The summed E-state index contributed by atoms with van der Waals surface area (Å²) in [6.07, 6.45) is 0. The third kappa shape index (κ3) is 2.40. The van der Waals surface area contributed by atoms with E-state index in [4.69, 9.17) is 4.74 Å². The van der Waals surface area contributed by atoms with Crippen LogP contribution in [0, 0.1) is 5.82 Å². The van der Waals surface area contributed by atoms with Crippen molar-refractivity contribution in [2.75, 3.05) is 7.11 Å². The first-order valence-electron chi connectivity index (χ1n) is 5.56. The fourth-order valence-electron chi connectivity index (χ4n) is 1.85. The number of carbonyl (C=O) groups excluding carboxylic acids is 1. The summed E-state index contributed by atoms with van der Waals surface area (Å²) >= 11 is 0. The summed E-state index contributed by atoms with van der Waals surface area (Å²) in [5.74, 6) is 0.130. The second-order valence-corrected chi connectivity index (χ2v) is 3.98. The maximum atomic E-state index is 13.2. The Morgan fingerprint density at radius 1 is 1.17 bits per heavy atom. The van der Waals surface area contributed by atoms with Gasteiger partial charge in [-0.3, -0.25) is 4.79 Å². The van der Waals surface area contributed by atoms with Crippen molar-refractivity contribution in [2.24, 2.45) is 0 Å². The number of ether oxygens (including phenoxy) is 1. The first-order valence-corrected chi connectivity index (χ1v) is 5.56. The first-order chi connectivity index (χ1) is 8.61. The van der Waals surface area contributed by atoms with E-state index in [0.29, 0.717) is 16.9 Å². The molecule has 0 saturated heterocycles. The van der Waals surface area contributed by atoms with Crippen LogP contribution < -0.4 is 4.74 Å². The topological polar surface area (TPSA) is 26.3 Å². The van der Waals surface area contributed by atoms with E-state index in [-0.39, 0.29) is 5.78 Å². The van der Waals surface area contributed by atoms with E-state index in [2.05, 4.69) is 0 Å². The summed E-state index contributed by atoms with van der Waals surface area (Å²) in [6.45, 7) is 1.43.